The Labute approximate surface area is 64.3 Å². The predicted molar refractivity (Wildman–Crippen MR) is 39.7 cm³/mol. The standard InChI is InChI=1S/C8H7FNO/c1-10-11-6-7-4-2-3-5-8(7)9/h1-5H,6H2. The lowest BCUT2D eigenvalue weighted by Gasteiger charge is -1.99. The summed E-state index contributed by atoms with van der Waals surface area (Å²) in [6, 6.07) is 6.30. The van der Waals surface area contributed by atoms with Gasteiger partial charge in [0.1, 0.15) is 12.4 Å². The fourth-order valence-electron chi connectivity index (χ4n) is 0.722. The number of benzene rings is 1. The molecule has 0 unspecified atom stereocenters. The average molecular weight is 152 g/mol. The summed E-state index contributed by atoms with van der Waals surface area (Å²) in [5, 5.41) is 2.91. The highest BCUT2D eigenvalue weighted by Gasteiger charge is 1.98. The molecule has 0 aliphatic rings. The first-order chi connectivity index (χ1) is 5.34. The molecule has 3 heteroatoms. The molecule has 0 saturated carbocycles. The zero-order valence-corrected chi connectivity index (χ0v) is 5.83. The van der Waals surface area contributed by atoms with Crippen molar-refractivity contribution in [1.29, 1.82) is 0 Å². The van der Waals surface area contributed by atoms with E-state index in [1.807, 2.05) is 0 Å². The SMILES string of the molecule is [CH]=NOCc1ccccc1F. The molecule has 0 aliphatic carbocycles. The summed E-state index contributed by atoms with van der Waals surface area (Å²) in [5.41, 5.74) is 0.446. The number of hydrogen-bond acceptors (Lipinski definition) is 2. The fourth-order valence-corrected chi connectivity index (χ4v) is 0.722. The van der Waals surface area contributed by atoms with Crippen molar-refractivity contribution in [2.24, 2.45) is 5.16 Å². The molecule has 0 saturated heterocycles. The Morgan fingerprint density at radius 1 is 1.45 bits per heavy atom. The van der Waals surface area contributed by atoms with E-state index >= 15 is 0 Å². The van der Waals surface area contributed by atoms with Crippen LogP contribution in [0.2, 0.25) is 0 Å². The lowest BCUT2D eigenvalue weighted by Crippen LogP contribution is -1.90. The van der Waals surface area contributed by atoms with Crippen LogP contribution in [0.5, 0.6) is 0 Å². The number of rotatable bonds is 3. The number of nitrogens with zero attached hydrogens (tertiary/aromatic N) is 1. The van der Waals surface area contributed by atoms with E-state index in [4.69, 9.17) is 6.72 Å². The highest BCUT2D eigenvalue weighted by Crippen LogP contribution is 2.06. The van der Waals surface area contributed by atoms with Gasteiger partial charge in [-0.3, -0.25) is 0 Å². The summed E-state index contributed by atoms with van der Waals surface area (Å²) >= 11 is 0. The lowest BCUT2D eigenvalue weighted by molar-refractivity contribution is 0.130. The van der Waals surface area contributed by atoms with Crippen LogP contribution in [0.25, 0.3) is 0 Å². The Morgan fingerprint density at radius 3 is 2.82 bits per heavy atom. The third kappa shape index (κ3) is 2.04. The molecule has 0 spiro atoms. The van der Waals surface area contributed by atoms with Crippen LogP contribution < -0.4 is 0 Å². The summed E-state index contributed by atoms with van der Waals surface area (Å²) in [6.07, 6.45) is 0. The molecule has 0 atom stereocenters. The quantitative estimate of drug-likeness (QED) is 0.478. The van der Waals surface area contributed by atoms with Gasteiger partial charge in [0.15, 0.2) is 0 Å². The topological polar surface area (TPSA) is 21.6 Å². The molecule has 0 heterocycles. The van der Waals surface area contributed by atoms with Gasteiger partial charge >= 0.3 is 0 Å². The van der Waals surface area contributed by atoms with Gasteiger partial charge in [0.05, 0.1) is 6.72 Å². The van der Waals surface area contributed by atoms with E-state index in [-0.39, 0.29) is 12.4 Å². The highest BCUT2D eigenvalue weighted by atomic mass is 19.1. The third-order valence-electron chi connectivity index (χ3n) is 1.25. The van der Waals surface area contributed by atoms with E-state index in [0.717, 1.165) is 0 Å². The molecular weight excluding hydrogens is 145 g/mol. The smallest absolute Gasteiger partial charge is 0.145 e. The Morgan fingerprint density at radius 2 is 2.18 bits per heavy atom. The van der Waals surface area contributed by atoms with Gasteiger partial charge in [-0.2, -0.15) is 0 Å². The summed E-state index contributed by atoms with van der Waals surface area (Å²) in [4.78, 5) is 4.46. The molecule has 0 aliphatic heterocycles. The Hall–Kier alpha value is -1.38. The maximum atomic E-state index is 12.8. The molecular formula is C8H7FNO. The monoisotopic (exact) mass is 152 g/mol. The minimum Gasteiger partial charge on any atom is -0.391 e. The lowest BCUT2D eigenvalue weighted by atomic mass is 10.2. The van der Waals surface area contributed by atoms with Gasteiger partial charge in [-0.1, -0.05) is 23.4 Å². The molecule has 0 N–H and O–H groups in total. The molecule has 0 aromatic heterocycles. The second-order valence-electron chi connectivity index (χ2n) is 1.97. The largest absolute Gasteiger partial charge is 0.391 e. The van der Waals surface area contributed by atoms with Crippen molar-refractivity contribution >= 4 is 6.72 Å². The minimum atomic E-state index is -0.309. The van der Waals surface area contributed by atoms with Crippen LogP contribution in [0.3, 0.4) is 0 Å². The van der Waals surface area contributed by atoms with Gasteiger partial charge in [-0.15, -0.1) is 0 Å². The summed E-state index contributed by atoms with van der Waals surface area (Å²) in [7, 11) is 0. The molecule has 1 rings (SSSR count). The third-order valence-corrected chi connectivity index (χ3v) is 1.25. The first kappa shape index (κ1) is 7.72. The second kappa shape index (κ2) is 3.71. The van der Waals surface area contributed by atoms with Crippen LogP contribution in [0, 0.1) is 5.82 Å². The van der Waals surface area contributed by atoms with Crippen LogP contribution in [0.1, 0.15) is 5.56 Å². The molecule has 1 aromatic rings. The van der Waals surface area contributed by atoms with Crippen molar-refractivity contribution in [1.82, 2.24) is 0 Å². The van der Waals surface area contributed by atoms with Gasteiger partial charge in [0.2, 0.25) is 0 Å². The van der Waals surface area contributed by atoms with E-state index in [2.05, 4.69) is 9.99 Å². The van der Waals surface area contributed by atoms with Crippen LogP contribution in [0.15, 0.2) is 29.4 Å². The van der Waals surface area contributed by atoms with Crippen molar-refractivity contribution in [2.75, 3.05) is 0 Å². The van der Waals surface area contributed by atoms with Crippen LogP contribution in [-0.4, -0.2) is 6.72 Å². The zero-order valence-electron chi connectivity index (χ0n) is 5.83. The Balaban J connectivity index is 2.69. The van der Waals surface area contributed by atoms with Crippen LogP contribution >= 0.6 is 0 Å². The molecule has 57 valence electrons. The molecule has 0 bridgehead atoms. The maximum Gasteiger partial charge on any atom is 0.145 e. The van der Waals surface area contributed by atoms with Crippen LogP contribution in [-0.2, 0) is 11.4 Å². The second-order valence-corrected chi connectivity index (χ2v) is 1.97. The normalized spacial score (nSPS) is 9.18. The van der Waals surface area contributed by atoms with E-state index in [9.17, 15) is 4.39 Å². The summed E-state index contributed by atoms with van der Waals surface area (Å²) in [5.74, 6) is -0.309. The summed E-state index contributed by atoms with van der Waals surface area (Å²) < 4.78 is 12.8. The van der Waals surface area contributed by atoms with Crippen molar-refractivity contribution in [3.8, 4) is 0 Å². The van der Waals surface area contributed by atoms with E-state index < -0.39 is 0 Å². The molecule has 0 fully saturated rings. The number of halogens is 1. The zero-order chi connectivity index (χ0) is 8.10. The number of hydrogen-bond donors (Lipinski definition) is 0. The first-order valence-corrected chi connectivity index (χ1v) is 3.10. The van der Waals surface area contributed by atoms with Crippen LogP contribution in [0.4, 0.5) is 4.39 Å². The first-order valence-electron chi connectivity index (χ1n) is 3.10. The molecule has 11 heavy (non-hydrogen) atoms. The van der Waals surface area contributed by atoms with Gasteiger partial charge in [-0.25, -0.2) is 4.39 Å². The van der Waals surface area contributed by atoms with Crippen molar-refractivity contribution in [2.45, 2.75) is 6.61 Å². The molecule has 0 amide bonds. The maximum absolute atomic E-state index is 12.8. The fraction of sp³-hybridized carbons (Fsp3) is 0.125. The molecule has 1 radical (unpaired) electrons. The van der Waals surface area contributed by atoms with E-state index in [0.29, 0.717) is 5.56 Å². The Kier molecular flexibility index (Phi) is 2.60. The van der Waals surface area contributed by atoms with Gasteiger partial charge in [0, 0.05) is 5.56 Å². The van der Waals surface area contributed by atoms with E-state index in [1.54, 1.807) is 18.2 Å². The van der Waals surface area contributed by atoms with E-state index in [1.165, 1.54) is 6.07 Å². The Bertz CT molecular complexity index is 250. The molecule has 2 nitrogen and oxygen atoms in total. The highest BCUT2D eigenvalue weighted by molar-refractivity contribution is 5.21. The van der Waals surface area contributed by atoms with Crippen molar-refractivity contribution in [3.05, 3.63) is 35.6 Å². The molecule has 1 aromatic carbocycles. The van der Waals surface area contributed by atoms with Gasteiger partial charge < -0.3 is 4.84 Å². The summed E-state index contributed by atoms with van der Waals surface area (Å²) in [6.45, 7) is 4.78. The van der Waals surface area contributed by atoms with Crippen molar-refractivity contribution < 1.29 is 9.23 Å². The van der Waals surface area contributed by atoms with Crippen molar-refractivity contribution in [3.63, 3.8) is 0 Å². The van der Waals surface area contributed by atoms with Gasteiger partial charge in [0.25, 0.3) is 0 Å². The predicted octanol–water partition coefficient (Wildman–Crippen LogP) is 1.83. The average Bonchev–Trinajstić information content (AvgIpc) is 2.03. The minimum absolute atomic E-state index is 0.0726. The van der Waals surface area contributed by atoms with Gasteiger partial charge in [-0.05, 0) is 6.07 Å².